The zero-order valence-corrected chi connectivity index (χ0v) is 5.84. The van der Waals surface area contributed by atoms with Crippen molar-refractivity contribution in [2.24, 2.45) is 4.99 Å². The van der Waals surface area contributed by atoms with E-state index >= 15 is 0 Å². The zero-order chi connectivity index (χ0) is 8.32. The molecule has 1 aliphatic rings. The maximum Gasteiger partial charge on any atom is 0.471 e. The Labute approximate surface area is 64.4 Å². The minimum atomic E-state index is -1.67. The van der Waals surface area contributed by atoms with Gasteiger partial charge in [-0.1, -0.05) is 6.08 Å². The van der Waals surface area contributed by atoms with Crippen molar-refractivity contribution < 1.29 is 14.8 Å². The standard InChI is InChI=1S/C6H8BNO3/c9-5-6(7(10)11)2-1-3-8-4-6/h1,3-5,10-11H,2H2. The Morgan fingerprint density at radius 2 is 2.36 bits per heavy atom. The molecule has 1 heterocycles. The van der Waals surface area contributed by atoms with Crippen LogP contribution in [0.2, 0.25) is 5.31 Å². The second-order valence-electron chi connectivity index (χ2n) is 2.47. The molecule has 1 aliphatic heterocycles. The molecular formula is C6H8BNO3. The van der Waals surface area contributed by atoms with E-state index in [1.807, 2.05) is 0 Å². The predicted molar refractivity (Wildman–Crippen MR) is 41.2 cm³/mol. The summed E-state index contributed by atoms with van der Waals surface area (Å²) >= 11 is 0. The van der Waals surface area contributed by atoms with Crippen LogP contribution in [0.1, 0.15) is 6.42 Å². The van der Waals surface area contributed by atoms with Crippen molar-refractivity contribution in [1.82, 2.24) is 0 Å². The number of nitrogens with zero attached hydrogens (tertiary/aromatic N) is 1. The van der Waals surface area contributed by atoms with E-state index in [2.05, 4.69) is 4.99 Å². The first-order valence-electron chi connectivity index (χ1n) is 3.23. The normalized spacial score (nSPS) is 28.5. The molecule has 1 rings (SSSR count). The lowest BCUT2D eigenvalue weighted by atomic mass is 9.57. The van der Waals surface area contributed by atoms with Crippen LogP contribution >= 0.6 is 0 Å². The van der Waals surface area contributed by atoms with E-state index < -0.39 is 12.4 Å². The Morgan fingerprint density at radius 1 is 1.64 bits per heavy atom. The Hall–Kier alpha value is -0.935. The Bertz CT molecular complexity index is 214. The first kappa shape index (κ1) is 8.16. The molecule has 0 radical (unpaired) electrons. The average molecular weight is 153 g/mol. The van der Waals surface area contributed by atoms with E-state index in [4.69, 9.17) is 10.0 Å². The molecule has 0 fully saturated rings. The van der Waals surface area contributed by atoms with Crippen LogP contribution in [0.15, 0.2) is 17.3 Å². The van der Waals surface area contributed by atoms with Gasteiger partial charge in [-0.3, -0.25) is 4.99 Å². The van der Waals surface area contributed by atoms with Crippen molar-refractivity contribution in [2.45, 2.75) is 11.7 Å². The third-order valence-electron chi connectivity index (χ3n) is 1.68. The molecule has 0 aromatic carbocycles. The van der Waals surface area contributed by atoms with E-state index in [9.17, 15) is 4.79 Å². The lowest BCUT2D eigenvalue weighted by molar-refractivity contribution is -0.109. The van der Waals surface area contributed by atoms with Gasteiger partial charge in [0.2, 0.25) is 0 Å². The van der Waals surface area contributed by atoms with Crippen molar-refractivity contribution in [3.05, 3.63) is 12.3 Å². The maximum absolute atomic E-state index is 10.5. The first-order chi connectivity index (χ1) is 5.21. The van der Waals surface area contributed by atoms with Gasteiger partial charge in [-0.05, 0) is 6.42 Å². The molecule has 0 aliphatic carbocycles. The van der Waals surface area contributed by atoms with Gasteiger partial charge < -0.3 is 14.8 Å². The summed E-state index contributed by atoms with van der Waals surface area (Å²) in [4.78, 5) is 14.1. The molecule has 0 aromatic rings. The highest BCUT2D eigenvalue weighted by atomic mass is 16.4. The van der Waals surface area contributed by atoms with Crippen LogP contribution in [0.3, 0.4) is 0 Å². The Kier molecular flexibility index (Phi) is 2.21. The van der Waals surface area contributed by atoms with Crippen LogP contribution in [0, 0.1) is 0 Å². The minimum Gasteiger partial charge on any atom is -0.426 e. The van der Waals surface area contributed by atoms with Gasteiger partial charge in [-0.2, -0.15) is 0 Å². The predicted octanol–water partition coefficient (Wildman–Crippen LogP) is -0.613. The smallest absolute Gasteiger partial charge is 0.426 e. The van der Waals surface area contributed by atoms with Crippen molar-refractivity contribution in [3.8, 4) is 0 Å². The Balaban J connectivity index is 2.85. The van der Waals surface area contributed by atoms with Gasteiger partial charge in [0.05, 0.1) is 5.31 Å². The monoisotopic (exact) mass is 153 g/mol. The van der Waals surface area contributed by atoms with Crippen LogP contribution < -0.4 is 0 Å². The number of aldehydes is 1. The number of hydrogen-bond acceptors (Lipinski definition) is 4. The Morgan fingerprint density at radius 3 is 2.64 bits per heavy atom. The first-order valence-corrected chi connectivity index (χ1v) is 3.23. The summed E-state index contributed by atoms with van der Waals surface area (Å²) in [5.74, 6) is 0. The molecule has 1 atom stereocenters. The molecule has 0 saturated carbocycles. The van der Waals surface area contributed by atoms with Gasteiger partial charge in [-0.15, -0.1) is 0 Å². The molecule has 5 heteroatoms. The minimum absolute atomic E-state index is 0.289. The molecule has 4 nitrogen and oxygen atoms in total. The van der Waals surface area contributed by atoms with Gasteiger partial charge in [0, 0.05) is 12.4 Å². The summed E-state index contributed by atoms with van der Waals surface area (Å²) in [6.07, 6.45) is 5.19. The highest BCUT2D eigenvalue weighted by Crippen LogP contribution is 2.29. The molecule has 0 spiro atoms. The van der Waals surface area contributed by atoms with Gasteiger partial charge >= 0.3 is 7.12 Å². The topological polar surface area (TPSA) is 69.9 Å². The average Bonchev–Trinajstić information content (AvgIpc) is 2.05. The van der Waals surface area contributed by atoms with Crippen molar-refractivity contribution >= 4 is 19.6 Å². The van der Waals surface area contributed by atoms with Crippen LogP contribution in [-0.2, 0) is 4.79 Å². The molecule has 0 amide bonds. The summed E-state index contributed by atoms with van der Waals surface area (Å²) < 4.78 is 0. The number of hydrogen-bond donors (Lipinski definition) is 2. The highest BCUT2D eigenvalue weighted by Gasteiger charge is 2.40. The largest absolute Gasteiger partial charge is 0.471 e. The lowest BCUT2D eigenvalue weighted by Crippen LogP contribution is -2.36. The maximum atomic E-state index is 10.5. The number of allylic oxidation sites excluding steroid dienone is 1. The van der Waals surface area contributed by atoms with Crippen LogP contribution in [0.4, 0.5) is 0 Å². The van der Waals surface area contributed by atoms with Gasteiger partial charge in [0.15, 0.2) is 0 Å². The SMILES string of the molecule is O=CC1(B(O)O)C=NC=CC1. The van der Waals surface area contributed by atoms with Gasteiger partial charge in [-0.25, -0.2) is 0 Å². The fourth-order valence-corrected chi connectivity index (χ4v) is 0.864. The quantitative estimate of drug-likeness (QED) is 0.410. The molecule has 0 saturated heterocycles. The summed E-state index contributed by atoms with van der Waals surface area (Å²) in [5, 5.41) is 16.4. The lowest BCUT2D eigenvalue weighted by Gasteiger charge is -2.21. The van der Waals surface area contributed by atoms with E-state index in [-0.39, 0.29) is 6.42 Å². The van der Waals surface area contributed by atoms with Crippen LogP contribution in [0.25, 0.3) is 0 Å². The molecule has 58 valence electrons. The second kappa shape index (κ2) is 2.98. The highest BCUT2D eigenvalue weighted by molar-refractivity contribution is 6.56. The van der Waals surface area contributed by atoms with Gasteiger partial charge in [0.1, 0.15) is 6.29 Å². The van der Waals surface area contributed by atoms with Crippen LogP contribution in [0.5, 0.6) is 0 Å². The molecule has 1 unspecified atom stereocenters. The fraction of sp³-hybridized carbons (Fsp3) is 0.333. The third kappa shape index (κ3) is 1.39. The number of carbonyl (C=O) groups is 1. The van der Waals surface area contributed by atoms with E-state index in [1.165, 1.54) is 12.4 Å². The number of aliphatic imine (C=N–C) groups is 1. The van der Waals surface area contributed by atoms with Crippen molar-refractivity contribution in [2.75, 3.05) is 0 Å². The fourth-order valence-electron chi connectivity index (χ4n) is 0.864. The number of rotatable bonds is 2. The molecule has 2 N–H and O–H groups in total. The molecular weight excluding hydrogens is 145 g/mol. The van der Waals surface area contributed by atoms with Crippen LogP contribution in [-0.4, -0.2) is 29.7 Å². The van der Waals surface area contributed by atoms with E-state index in [0.717, 1.165) is 0 Å². The summed E-state index contributed by atoms with van der Waals surface area (Å²) in [6, 6.07) is 0. The zero-order valence-electron chi connectivity index (χ0n) is 5.84. The molecule has 0 aromatic heterocycles. The summed E-state index contributed by atoms with van der Waals surface area (Å²) in [6.45, 7) is 0. The van der Waals surface area contributed by atoms with Crippen molar-refractivity contribution in [1.29, 1.82) is 0 Å². The van der Waals surface area contributed by atoms with Crippen molar-refractivity contribution in [3.63, 3.8) is 0 Å². The summed E-state index contributed by atoms with van der Waals surface area (Å²) in [5.41, 5.74) is 0. The summed E-state index contributed by atoms with van der Waals surface area (Å²) in [7, 11) is -1.67. The van der Waals surface area contributed by atoms with E-state index in [0.29, 0.717) is 6.29 Å². The molecule has 11 heavy (non-hydrogen) atoms. The third-order valence-corrected chi connectivity index (χ3v) is 1.68. The van der Waals surface area contributed by atoms with Gasteiger partial charge in [0.25, 0.3) is 0 Å². The second-order valence-corrected chi connectivity index (χ2v) is 2.47. The molecule has 0 bridgehead atoms. The van der Waals surface area contributed by atoms with E-state index in [1.54, 1.807) is 6.08 Å². The number of carbonyl (C=O) groups excluding carboxylic acids is 1.